The Morgan fingerprint density at radius 1 is 1.11 bits per heavy atom. The van der Waals surface area contributed by atoms with E-state index in [4.69, 9.17) is 0 Å². The van der Waals surface area contributed by atoms with Crippen LogP contribution in [0.3, 0.4) is 0 Å². The number of rotatable bonds is 5. The molecule has 0 bridgehead atoms. The predicted octanol–water partition coefficient (Wildman–Crippen LogP) is 4.68. The monoisotopic (exact) mass is 266 g/mol. The van der Waals surface area contributed by atoms with Crippen molar-refractivity contribution in [2.45, 2.75) is 58.3 Å². The first kappa shape index (κ1) is 15.4. The zero-order valence-corrected chi connectivity index (χ0v) is 13.1. The number of phenols is 1. The fourth-order valence-electron chi connectivity index (χ4n) is 2.30. The molecule has 0 aliphatic heterocycles. The van der Waals surface area contributed by atoms with Crippen molar-refractivity contribution in [3.63, 3.8) is 0 Å². The lowest BCUT2D eigenvalue weighted by molar-refractivity contribution is 0.412. The van der Waals surface area contributed by atoms with E-state index in [-0.39, 0.29) is 10.8 Å². The first-order chi connectivity index (χ1) is 8.32. The Morgan fingerprint density at radius 3 is 2.17 bits per heavy atom. The second-order valence-electron chi connectivity index (χ2n) is 6.01. The van der Waals surface area contributed by atoms with Gasteiger partial charge in [0.15, 0.2) is 0 Å². The molecule has 2 heteroatoms. The predicted molar refractivity (Wildman–Crippen MR) is 82.9 cm³/mol. The first-order valence-electron chi connectivity index (χ1n) is 6.76. The molecule has 0 saturated carbocycles. The average molecular weight is 266 g/mol. The molecule has 0 aliphatic carbocycles. The average Bonchev–Trinajstić information content (AvgIpc) is 2.37. The van der Waals surface area contributed by atoms with Crippen LogP contribution in [-0.4, -0.2) is 10.9 Å². The van der Waals surface area contributed by atoms with Crippen LogP contribution in [0.2, 0.25) is 0 Å². The summed E-state index contributed by atoms with van der Waals surface area (Å²) in [5.41, 5.74) is 2.33. The zero-order valence-electron chi connectivity index (χ0n) is 12.2. The minimum atomic E-state index is -0.0732. The van der Waals surface area contributed by atoms with E-state index in [1.807, 2.05) is 6.07 Å². The normalized spacial score (nSPS) is 15.4. The van der Waals surface area contributed by atoms with Crippen LogP contribution in [0.15, 0.2) is 18.2 Å². The van der Waals surface area contributed by atoms with Crippen LogP contribution in [0, 0.1) is 0 Å². The van der Waals surface area contributed by atoms with E-state index in [1.165, 1.54) is 5.56 Å². The number of aromatic hydroxyl groups is 1. The van der Waals surface area contributed by atoms with E-state index in [1.54, 1.807) is 6.07 Å². The van der Waals surface area contributed by atoms with Crippen molar-refractivity contribution in [3.05, 3.63) is 29.3 Å². The van der Waals surface area contributed by atoms with Gasteiger partial charge in [0, 0.05) is 11.0 Å². The van der Waals surface area contributed by atoms with E-state index < -0.39 is 0 Å². The van der Waals surface area contributed by atoms with Crippen molar-refractivity contribution in [1.82, 2.24) is 0 Å². The fraction of sp³-hybridized carbons (Fsp3) is 0.625. The number of hydrogen-bond donors (Lipinski definition) is 2. The molecule has 1 unspecified atom stereocenters. The van der Waals surface area contributed by atoms with Gasteiger partial charge in [-0.2, -0.15) is 12.6 Å². The summed E-state index contributed by atoms with van der Waals surface area (Å²) in [5.74, 6) is 1.15. The molecule has 1 aromatic rings. The lowest BCUT2D eigenvalue weighted by atomic mass is 9.71. The minimum Gasteiger partial charge on any atom is -0.508 e. The molecule has 1 nitrogen and oxygen atoms in total. The number of hydrogen-bond acceptors (Lipinski definition) is 2. The Kier molecular flexibility index (Phi) is 4.77. The minimum absolute atomic E-state index is 0.0732. The molecule has 0 amide bonds. The van der Waals surface area contributed by atoms with Crippen molar-refractivity contribution in [2.75, 3.05) is 5.75 Å². The van der Waals surface area contributed by atoms with Gasteiger partial charge >= 0.3 is 0 Å². The molecule has 1 N–H and O–H groups in total. The first-order valence-corrected chi connectivity index (χ1v) is 7.39. The summed E-state index contributed by atoms with van der Waals surface area (Å²) >= 11 is 4.50. The van der Waals surface area contributed by atoms with Gasteiger partial charge in [0.2, 0.25) is 0 Å². The van der Waals surface area contributed by atoms with Crippen LogP contribution < -0.4 is 0 Å². The molecular formula is C16H26OS. The summed E-state index contributed by atoms with van der Waals surface area (Å²) in [6.07, 6.45) is 2.02. The molecule has 0 spiro atoms. The van der Waals surface area contributed by atoms with Gasteiger partial charge in [-0.3, -0.25) is 0 Å². The van der Waals surface area contributed by atoms with Crippen LogP contribution in [0.4, 0.5) is 0 Å². The standard InChI is InChI=1S/C16H26OS/c1-6-15(3,4)12-9-8-10-13(17)14(12)16(5,7-2)11-18/h8-10,17-18H,6-7,11H2,1-5H3. The molecule has 0 radical (unpaired) electrons. The molecule has 1 atom stereocenters. The fourth-order valence-corrected chi connectivity index (χ4v) is 2.68. The molecule has 1 aromatic carbocycles. The zero-order chi connectivity index (χ0) is 14.0. The maximum atomic E-state index is 10.3. The topological polar surface area (TPSA) is 20.2 Å². The smallest absolute Gasteiger partial charge is 0.119 e. The third-order valence-electron chi connectivity index (χ3n) is 4.39. The van der Waals surface area contributed by atoms with Gasteiger partial charge in [-0.05, 0) is 35.6 Å². The highest BCUT2D eigenvalue weighted by Gasteiger charge is 2.33. The van der Waals surface area contributed by atoms with Gasteiger partial charge in [-0.1, -0.05) is 46.8 Å². The molecule has 102 valence electrons. The van der Waals surface area contributed by atoms with E-state index in [0.29, 0.717) is 5.75 Å². The van der Waals surface area contributed by atoms with E-state index in [0.717, 1.165) is 24.2 Å². The highest BCUT2D eigenvalue weighted by atomic mass is 32.1. The summed E-state index contributed by atoms with van der Waals surface area (Å²) in [7, 11) is 0. The molecule has 18 heavy (non-hydrogen) atoms. The van der Waals surface area contributed by atoms with Crippen molar-refractivity contribution < 1.29 is 5.11 Å². The Bertz CT molecular complexity index is 406. The molecule has 0 aromatic heterocycles. The van der Waals surface area contributed by atoms with Crippen molar-refractivity contribution >= 4 is 12.6 Å². The lowest BCUT2D eigenvalue weighted by Gasteiger charge is -2.35. The molecule has 0 saturated heterocycles. The number of thiol groups is 1. The number of benzene rings is 1. The van der Waals surface area contributed by atoms with Gasteiger partial charge in [-0.15, -0.1) is 0 Å². The number of phenolic OH excluding ortho intramolecular Hbond substituents is 1. The summed E-state index contributed by atoms with van der Waals surface area (Å²) in [5, 5.41) is 10.3. The van der Waals surface area contributed by atoms with Crippen LogP contribution >= 0.6 is 12.6 Å². The van der Waals surface area contributed by atoms with Crippen LogP contribution in [0.25, 0.3) is 0 Å². The molecule has 0 aliphatic rings. The Morgan fingerprint density at radius 2 is 1.72 bits per heavy atom. The summed E-state index contributed by atoms with van der Waals surface area (Å²) in [6, 6.07) is 5.89. The quantitative estimate of drug-likeness (QED) is 0.742. The van der Waals surface area contributed by atoms with Crippen LogP contribution in [-0.2, 0) is 10.8 Å². The molecule has 0 heterocycles. The van der Waals surface area contributed by atoms with Crippen molar-refractivity contribution in [2.24, 2.45) is 0 Å². The summed E-state index contributed by atoms with van der Waals surface area (Å²) < 4.78 is 0. The van der Waals surface area contributed by atoms with E-state index >= 15 is 0 Å². The van der Waals surface area contributed by atoms with Gasteiger partial charge in [-0.25, -0.2) is 0 Å². The second-order valence-corrected chi connectivity index (χ2v) is 6.33. The second kappa shape index (κ2) is 5.56. The highest BCUT2D eigenvalue weighted by molar-refractivity contribution is 7.80. The summed E-state index contributed by atoms with van der Waals surface area (Å²) in [4.78, 5) is 0. The maximum absolute atomic E-state index is 10.3. The van der Waals surface area contributed by atoms with Gasteiger partial charge in [0.25, 0.3) is 0 Å². The van der Waals surface area contributed by atoms with E-state index in [9.17, 15) is 5.11 Å². The van der Waals surface area contributed by atoms with Gasteiger partial charge < -0.3 is 5.11 Å². The Hall–Kier alpha value is -0.630. The third kappa shape index (κ3) is 2.69. The highest BCUT2D eigenvalue weighted by Crippen LogP contribution is 2.42. The SMILES string of the molecule is CCC(C)(C)c1cccc(O)c1C(C)(CC)CS. The van der Waals surface area contributed by atoms with Crippen LogP contribution in [0.5, 0.6) is 5.75 Å². The van der Waals surface area contributed by atoms with Gasteiger partial charge in [0.1, 0.15) is 5.75 Å². The van der Waals surface area contributed by atoms with Crippen molar-refractivity contribution in [1.29, 1.82) is 0 Å². The van der Waals surface area contributed by atoms with Crippen molar-refractivity contribution in [3.8, 4) is 5.75 Å². The summed E-state index contributed by atoms with van der Waals surface area (Å²) in [6.45, 7) is 11.0. The molecule has 1 rings (SSSR count). The van der Waals surface area contributed by atoms with Gasteiger partial charge in [0.05, 0.1) is 0 Å². The lowest BCUT2D eigenvalue weighted by Crippen LogP contribution is -2.29. The Labute approximate surface area is 117 Å². The van der Waals surface area contributed by atoms with E-state index in [2.05, 4.69) is 53.3 Å². The Balaban J connectivity index is 3.52. The third-order valence-corrected chi connectivity index (χ3v) is 5.09. The van der Waals surface area contributed by atoms with Crippen LogP contribution in [0.1, 0.15) is 58.6 Å². The molecular weight excluding hydrogens is 240 g/mol. The maximum Gasteiger partial charge on any atom is 0.119 e. The molecule has 0 fully saturated rings. The largest absolute Gasteiger partial charge is 0.508 e.